The van der Waals surface area contributed by atoms with Gasteiger partial charge in [0.25, 0.3) is 0 Å². The topological polar surface area (TPSA) is 58.6 Å². The Hall–Kier alpha value is -1.65. The van der Waals surface area contributed by atoms with Crippen molar-refractivity contribution in [2.24, 2.45) is 5.92 Å². The summed E-state index contributed by atoms with van der Waals surface area (Å²) in [7, 11) is 0. The summed E-state index contributed by atoms with van der Waals surface area (Å²) >= 11 is 0. The molecule has 0 aliphatic rings. The monoisotopic (exact) mass is 305 g/mol. The first-order chi connectivity index (χ1) is 10.4. The Kier molecular flexibility index (Phi) is 7.85. The SMILES string of the molecule is Cc1cc(C)cc(/C=C/C(=O)NCC(O)COCC(C)C)c1. The lowest BCUT2D eigenvalue weighted by Gasteiger charge is -2.12. The van der Waals surface area contributed by atoms with Gasteiger partial charge in [0.05, 0.1) is 12.7 Å². The highest BCUT2D eigenvalue weighted by Gasteiger charge is 2.06. The number of carbonyl (C=O) groups excluding carboxylic acids is 1. The third-order valence-corrected chi connectivity index (χ3v) is 2.94. The highest BCUT2D eigenvalue weighted by atomic mass is 16.5. The second-order valence-corrected chi connectivity index (χ2v) is 6.08. The molecule has 1 aromatic rings. The van der Waals surface area contributed by atoms with Gasteiger partial charge in [-0.05, 0) is 31.4 Å². The average molecular weight is 305 g/mol. The fraction of sp³-hybridized carbons (Fsp3) is 0.500. The number of rotatable bonds is 8. The molecule has 1 aromatic carbocycles. The Balaban J connectivity index is 2.34. The average Bonchev–Trinajstić information content (AvgIpc) is 2.41. The summed E-state index contributed by atoms with van der Waals surface area (Å²) in [6.07, 6.45) is 2.57. The van der Waals surface area contributed by atoms with Crippen LogP contribution < -0.4 is 5.32 Å². The van der Waals surface area contributed by atoms with Crippen LogP contribution >= 0.6 is 0 Å². The summed E-state index contributed by atoms with van der Waals surface area (Å²) in [5.74, 6) is 0.213. The zero-order chi connectivity index (χ0) is 16.5. The normalized spacial score (nSPS) is 12.8. The molecular formula is C18H27NO3. The number of amides is 1. The molecule has 1 atom stereocenters. The number of hydrogen-bond acceptors (Lipinski definition) is 3. The maximum Gasteiger partial charge on any atom is 0.244 e. The fourth-order valence-electron chi connectivity index (χ4n) is 2.05. The quantitative estimate of drug-likeness (QED) is 0.725. The summed E-state index contributed by atoms with van der Waals surface area (Å²) in [6, 6.07) is 6.13. The van der Waals surface area contributed by atoms with Crippen molar-refractivity contribution in [3.8, 4) is 0 Å². The van der Waals surface area contributed by atoms with E-state index in [4.69, 9.17) is 4.74 Å². The molecule has 4 heteroatoms. The van der Waals surface area contributed by atoms with Gasteiger partial charge in [-0.2, -0.15) is 0 Å². The van der Waals surface area contributed by atoms with Crippen LogP contribution in [0, 0.1) is 19.8 Å². The van der Waals surface area contributed by atoms with Crippen molar-refractivity contribution in [2.75, 3.05) is 19.8 Å². The van der Waals surface area contributed by atoms with Gasteiger partial charge in [-0.25, -0.2) is 0 Å². The molecule has 0 radical (unpaired) electrons. The Bertz CT molecular complexity index is 489. The predicted octanol–water partition coefficient (Wildman–Crippen LogP) is 2.47. The second kappa shape index (κ2) is 9.38. The lowest BCUT2D eigenvalue weighted by Crippen LogP contribution is -2.33. The van der Waals surface area contributed by atoms with Gasteiger partial charge in [0.15, 0.2) is 0 Å². The van der Waals surface area contributed by atoms with Crippen molar-refractivity contribution in [3.05, 3.63) is 41.0 Å². The number of hydrogen-bond donors (Lipinski definition) is 2. The standard InChI is InChI=1S/C18H27NO3/c1-13(2)11-22-12-17(20)10-19-18(21)6-5-16-8-14(3)7-15(4)9-16/h5-9,13,17,20H,10-12H2,1-4H3,(H,19,21)/b6-5+. The summed E-state index contributed by atoms with van der Waals surface area (Å²) in [5, 5.41) is 12.4. The van der Waals surface area contributed by atoms with Crippen molar-refractivity contribution >= 4 is 12.0 Å². The fourth-order valence-corrected chi connectivity index (χ4v) is 2.05. The van der Waals surface area contributed by atoms with Crippen molar-refractivity contribution in [1.29, 1.82) is 0 Å². The highest BCUT2D eigenvalue weighted by molar-refractivity contribution is 5.91. The van der Waals surface area contributed by atoms with Crippen molar-refractivity contribution in [3.63, 3.8) is 0 Å². The van der Waals surface area contributed by atoms with Crippen LogP contribution in [-0.4, -0.2) is 36.9 Å². The number of aliphatic hydroxyl groups is 1. The van der Waals surface area contributed by atoms with E-state index >= 15 is 0 Å². The molecule has 2 N–H and O–H groups in total. The van der Waals surface area contributed by atoms with E-state index < -0.39 is 6.10 Å². The highest BCUT2D eigenvalue weighted by Crippen LogP contribution is 2.10. The molecule has 0 fully saturated rings. The van der Waals surface area contributed by atoms with Gasteiger partial charge in [-0.15, -0.1) is 0 Å². The second-order valence-electron chi connectivity index (χ2n) is 6.08. The molecule has 0 saturated carbocycles. The van der Waals surface area contributed by atoms with Crippen LogP contribution in [-0.2, 0) is 9.53 Å². The number of aryl methyl sites for hydroxylation is 2. The molecule has 122 valence electrons. The molecule has 0 heterocycles. The smallest absolute Gasteiger partial charge is 0.244 e. The molecule has 1 unspecified atom stereocenters. The molecule has 0 aromatic heterocycles. The van der Waals surface area contributed by atoms with E-state index in [0.717, 1.165) is 16.7 Å². The van der Waals surface area contributed by atoms with Crippen molar-refractivity contribution < 1.29 is 14.6 Å². The van der Waals surface area contributed by atoms with E-state index in [1.165, 1.54) is 6.08 Å². The zero-order valence-corrected chi connectivity index (χ0v) is 13.9. The van der Waals surface area contributed by atoms with Crippen LogP contribution in [0.15, 0.2) is 24.3 Å². The van der Waals surface area contributed by atoms with Crippen LogP contribution in [0.2, 0.25) is 0 Å². The molecule has 0 aliphatic carbocycles. The van der Waals surface area contributed by atoms with Gasteiger partial charge in [-0.3, -0.25) is 4.79 Å². The number of nitrogens with one attached hydrogen (secondary N) is 1. The predicted molar refractivity (Wildman–Crippen MR) is 89.6 cm³/mol. The zero-order valence-electron chi connectivity index (χ0n) is 13.9. The third-order valence-electron chi connectivity index (χ3n) is 2.94. The first kappa shape index (κ1) is 18.4. The maximum atomic E-state index is 11.7. The molecule has 0 spiro atoms. The van der Waals surface area contributed by atoms with Crippen molar-refractivity contribution in [1.82, 2.24) is 5.32 Å². The molecule has 4 nitrogen and oxygen atoms in total. The number of benzene rings is 1. The van der Waals surface area contributed by atoms with Crippen LogP contribution in [0.5, 0.6) is 0 Å². The van der Waals surface area contributed by atoms with E-state index in [2.05, 4.69) is 11.4 Å². The molecular weight excluding hydrogens is 278 g/mol. The van der Waals surface area contributed by atoms with Gasteiger partial charge >= 0.3 is 0 Å². The van der Waals surface area contributed by atoms with Gasteiger partial charge in [0.2, 0.25) is 5.91 Å². The number of carbonyl (C=O) groups is 1. The minimum absolute atomic E-state index is 0.189. The van der Waals surface area contributed by atoms with Crippen molar-refractivity contribution in [2.45, 2.75) is 33.8 Å². The third kappa shape index (κ3) is 7.96. The number of aliphatic hydroxyl groups excluding tert-OH is 1. The largest absolute Gasteiger partial charge is 0.389 e. The minimum atomic E-state index is -0.683. The van der Waals surface area contributed by atoms with Gasteiger partial charge in [0, 0.05) is 19.2 Å². The van der Waals surface area contributed by atoms with Crippen LogP contribution in [0.25, 0.3) is 6.08 Å². The van der Waals surface area contributed by atoms with E-state index in [1.54, 1.807) is 6.08 Å². The lowest BCUT2D eigenvalue weighted by atomic mass is 10.1. The Morgan fingerprint density at radius 2 is 1.86 bits per heavy atom. The van der Waals surface area contributed by atoms with Crippen LogP contribution in [0.1, 0.15) is 30.5 Å². The molecule has 1 amide bonds. The van der Waals surface area contributed by atoms with E-state index in [0.29, 0.717) is 12.5 Å². The maximum absolute atomic E-state index is 11.7. The summed E-state index contributed by atoms with van der Waals surface area (Å²) in [5.41, 5.74) is 3.32. The Labute approximate surface area is 133 Å². The van der Waals surface area contributed by atoms with E-state index in [-0.39, 0.29) is 19.1 Å². The summed E-state index contributed by atoms with van der Waals surface area (Å²) < 4.78 is 5.33. The Morgan fingerprint density at radius 1 is 1.23 bits per heavy atom. The Morgan fingerprint density at radius 3 is 2.45 bits per heavy atom. The lowest BCUT2D eigenvalue weighted by molar-refractivity contribution is -0.117. The number of ether oxygens (including phenoxy) is 1. The summed E-state index contributed by atoms with van der Waals surface area (Å²) in [4.78, 5) is 11.7. The van der Waals surface area contributed by atoms with E-state index in [9.17, 15) is 9.90 Å². The van der Waals surface area contributed by atoms with Gasteiger partial charge in [0.1, 0.15) is 0 Å². The molecule has 1 rings (SSSR count). The van der Waals surface area contributed by atoms with Gasteiger partial charge < -0.3 is 15.2 Å². The molecule has 0 bridgehead atoms. The molecule has 0 saturated heterocycles. The first-order valence-electron chi connectivity index (χ1n) is 7.67. The van der Waals surface area contributed by atoms with Crippen LogP contribution in [0.4, 0.5) is 0 Å². The molecule has 22 heavy (non-hydrogen) atoms. The molecule has 0 aliphatic heterocycles. The van der Waals surface area contributed by atoms with Gasteiger partial charge in [-0.1, -0.05) is 43.2 Å². The minimum Gasteiger partial charge on any atom is -0.389 e. The van der Waals surface area contributed by atoms with Crippen LogP contribution in [0.3, 0.4) is 0 Å². The first-order valence-corrected chi connectivity index (χ1v) is 7.67. The van der Waals surface area contributed by atoms with E-state index in [1.807, 2.05) is 39.8 Å². The summed E-state index contributed by atoms with van der Waals surface area (Å²) in [6.45, 7) is 9.18.